The second kappa shape index (κ2) is 21.1. The monoisotopic (exact) mass is 808 g/mol. The van der Waals surface area contributed by atoms with Crippen molar-refractivity contribution in [1.29, 1.82) is 0 Å². The van der Waals surface area contributed by atoms with Crippen molar-refractivity contribution in [2.45, 2.75) is 77.5 Å². The molecule has 0 aliphatic heterocycles. The van der Waals surface area contributed by atoms with E-state index in [0.717, 1.165) is 26.9 Å². The van der Waals surface area contributed by atoms with Crippen molar-refractivity contribution in [3.05, 3.63) is 125 Å². The number of hydrogen-bond acceptors (Lipinski definition) is 10. The molecule has 306 valence electrons. The molecule has 0 saturated carbocycles. The Hall–Kier alpha value is -5.83. The van der Waals surface area contributed by atoms with Crippen molar-refractivity contribution in [1.82, 2.24) is 26.3 Å². The Balaban J connectivity index is 1.39. The SMILES string of the molecule is COc1ccc(CN[C@@H](C(=O)N[C@H](C(=O)Nc2ccc3ncsc3c2)C(C)C)[C@H](O)[C@H](Cc2ccccc2)NC(=O)[C@@H](NC(=O)OCc2ccccc2)C(C)C)cc1. The third kappa shape index (κ3) is 12.3. The minimum atomic E-state index is -1.52. The maximum absolute atomic E-state index is 14.4. The van der Waals surface area contributed by atoms with Crippen LogP contribution < -0.4 is 31.3 Å². The highest BCUT2D eigenvalue weighted by molar-refractivity contribution is 7.16. The molecule has 5 rings (SSSR count). The third-order valence-electron chi connectivity index (χ3n) is 9.63. The summed E-state index contributed by atoms with van der Waals surface area (Å²) in [5, 5.41) is 26.9. The van der Waals surface area contributed by atoms with Gasteiger partial charge in [0.25, 0.3) is 0 Å². The number of hydrogen-bond donors (Lipinski definition) is 6. The molecular weight excluding hydrogens is 757 g/mol. The molecule has 5 atom stereocenters. The highest BCUT2D eigenvalue weighted by atomic mass is 32.1. The Labute approximate surface area is 342 Å². The number of carbonyl (C=O) groups excluding carboxylic acids is 4. The molecule has 4 amide bonds. The zero-order chi connectivity index (χ0) is 41.6. The molecule has 5 aromatic rings. The van der Waals surface area contributed by atoms with Crippen LogP contribution in [-0.2, 0) is 38.7 Å². The van der Waals surface area contributed by atoms with Crippen molar-refractivity contribution in [3.63, 3.8) is 0 Å². The summed E-state index contributed by atoms with van der Waals surface area (Å²) in [7, 11) is 1.57. The number of nitrogens with one attached hydrogen (secondary N) is 5. The van der Waals surface area contributed by atoms with E-state index in [2.05, 4.69) is 31.6 Å². The van der Waals surface area contributed by atoms with Crippen LogP contribution in [0, 0.1) is 11.8 Å². The first kappa shape index (κ1) is 43.3. The molecule has 4 aromatic carbocycles. The lowest BCUT2D eigenvalue weighted by Crippen LogP contribution is -2.63. The highest BCUT2D eigenvalue weighted by Gasteiger charge is 2.38. The van der Waals surface area contributed by atoms with Gasteiger partial charge in [-0.3, -0.25) is 19.7 Å². The summed E-state index contributed by atoms with van der Waals surface area (Å²) in [6.45, 7) is 7.36. The molecule has 0 aliphatic rings. The number of thiazole rings is 1. The predicted octanol–water partition coefficient (Wildman–Crippen LogP) is 5.58. The standard InChI is InChI=1S/C44H52N6O7S/c1-27(2)37(41(52)47-32-18-21-34-36(23-32)58-26-46-34)49-43(54)39(45-24-30-16-19-33(56-5)20-17-30)40(51)35(22-29-12-8-6-9-13-29)48-42(53)38(28(3)4)50-44(55)57-25-31-14-10-7-11-15-31/h6-21,23,26-28,35,37-40,45,51H,22,24-25H2,1-5H3,(H,47,52)(H,48,53)(H,49,54)(H,50,55)/t35-,37-,38-,39+,40+/m0/s1. The van der Waals surface area contributed by atoms with E-state index in [0.29, 0.717) is 11.4 Å². The second-order valence-electron chi connectivity index (χ2n) is 14.7. The molecule has 14 heteroatoms. The second-order valence-corrected chi connectivity index (χ2v) is 15.6. The van der Waals surface area contributed by atoms with Crippen LogP contribution in [0.2, 0.25) is 0 Å². The fourth-order valence-electron chi connectivity index (χ4n) is 6.33. The lowest BCUT2D eigenvalue weighted by atomic mass is 9.93. The average molecular weight is 809 g/mol. The van der Waals surface area contributed by atoms with Gasteiger partial charge in [-0.15, -0.1) is 11.3 Å². The van der Waals surface area contributed by atoms with Crippen molar-refractivity contribution >= 4 is 51.1 Å². The van der Waals surface area contributed by atoms with Crippen LogP contribution in [0.4, 0.5) is 10.5 Å². The van der Waals surface area contributed by atoms with Crippen LogP contribution in [0.3, 0.4) is 0 Å². The number of rotatable bonds is 19. The van der Waals surface area contributed by atoms with Crippen LogP contribution in [0.1, 0.15) is 44.4 Å². The first-order chi connectivity index (χ1) is 27.9. The number of carbonyl (C=O) groups is 4. The van der Waals surface area contributed by atoms with E-state index in [1.807, 2.05) is 98.8 Å². The minimum Gasteiger partial charge on any atom is -0.497 e. The molecule has 0 aliphatic carbocycles. The molecule has 6 N–H and O–H groups in total. The Bertz CT molecular complexity index is 2100. The average Bonchev–Trinajstić information content (AvgIpc) is 3.69. The summed E-state index contributed by atoms with van der Waals surface area (Å²) in [5.74, 6) is -1.71. The summed E-state index contributed by atoms with van der Waals surface area (Å²) in [6.07, 6.45) is -2.16. The van der Waals surface area contributed by atoms with Crippen LogP contribution >= 0.6 is 11.3 Å². The van der Waals surface area contributed by atoms with Crippen molar-refractivity contribution < 1.29 is 33.8 Å². The van der Waals surface area contributed by atoms with Crippen molar-refractivity contribution in [3.8, 4) is 5.75 Å². The third-order valence-corrected chi connectivity index (χ3v) is 10.4. The van der Waals surface area contributed by atoms with Gasteiger partial charge in [-0.05, 0) is 65.3 Å². The van der Waals surface area contributed by atoms with Gasteiger partial charge in [0, 0.05) is 12.2 Å². The quantitative estimate of drug-likeness (QED) is 0.0621. The van der Waals surface area contributed by atoms with Gasteiger partial charge >= 0.3 is 6.09 Å². The summed E-state index contributed by atoms with van der Waals surface area (Å²) in [6, 6.07) is 26.7. The van der Waals surface area contributed by atoms with E-state index in [-0.39, 0.29) is 31.4 Å². The Morgan fingerprint density at radius 2 is 1.33 bits per heavy atom. The van der Waals surface area contributed by atoms with E-state index < -0.39 is 54.1 Å². The Kier molecular flexibility index (Phi) is 15.7. The molecule has 1 heterocycles. The number of nitrogens with zero attached hydrogens (tertiary/aromatic N) is 1. The molecular formula is C44H52N6O7S. The van der Waals surface area contributed by atoms with E-state index in [1.54, 1.807) is 44.7 Å². The molecule has 0 unspecified atom stereocenters. The number of anilines is 1. The summed E-state index contributed by atoms with van der Waals surface area (Å²) in [4.78, 5) is 59.4. The summed E-state index contributed by atoms with van der Waals surface area (Å²) in [5.41, 5.74) is 5.46. The highest BCUT2D eigenvalue weighted by Crippen LogP contribution is 2.23. The van der Waals surface area contributed by atoms with Crippen LogP contribution in [0.25, 0.3) is 10.2 Å². The molecule has 13 nitrogen and oxygen atoms in total. The lowest BCUT2D eigenvalue weighted by molar-refractivity contribution is -0.132. The smallest absolute Gasteiger partial charge is 0.408 e. The molecule has 0 spiro atoms. The van der Waals surface area contributed by atoms with Gasteiger partial charge in [0.15, 0.2) is 0 Å². The van der Waals surface area contributed by atoms with Gasteiger partial charge in [-0.2, -0.15) is 0 Å². The molecule has 0 fully saturated rings. The number of methoxy groups -OCH3 is 1. The molecule has 0 radical (unpaired) electrons. The normalized spacial score (nSPS) is 13.9. The topological polar surface area (TPSA) is 180 Å². The minimum absolute atomic E-state index is 0.0157. The number of aromatic nitrogens is 1. The number of amides is 4. The van der Waals surface area contributed by atoms with Crippen LogP contribution in [-0.4, -0.2) is 71.3 Å². The number of fused-ring (bicyclic) bond motifs is 1. The van der Waals surface area contributed by atoms with E-state index >= 15 is 0 Å². The largest absolute Gasteiger partial charge is 0.497 e. The molecule has 0 saturated heterocycles. The first-order valence-electron chi connectivity index (χ1n) is 19.2. The molecule has 0 bridgehead atoms. The van der Waals surface area contributed by atoms with Gasteiger partial charge in [-0.25, -0.2) is 9.78 Å². The molecule has 58 heavy (non-hydrogen) atoms. The number of ether oxygens (including phenoxy) is 2. The van der Waals surface area contributed by atoms with E-state index in [9.17, 15) is 24.3 Å². The van der Waals surface area contributed by atoms with Crippen LogP contribution in [0.15, 0.2) is 109 Å². The fraction of sp³-hybridized carbons (Fsp3) is 0.341. The van der Waals surface area contributed by atoms with Crippen LogP contribution in [0.5, 0.6) is 5.75 Å². The van der Waals surface area contributed by atoms with Crippen molar-refractivity contribution in [2.75, 3.05) is 12.4 Å². The predicted molar refractivity (Wildman–Crippen MR) is 225 cm³/mol. The number of benzene rings is 4. The van der Waals surface area contributed by atoms with Gasteiger partial charge in [0.2, 0.25) is 17.7 Å². The maximum atomic E-state index is 14.4. The van der Waals surface area contributed by atoms with Crippen molar-refractivity contribution in [2.24, 2.45) is 11.8 Å². The number of aliphatic hydroxyl groups excluding tert-OH is 1. The Morgan fingerprint density at radius 1 is 0.707 bits per heavy atom. The van der Waals surface area contributed by atoms with Gasteiger partial charge in [0.05, 0.1) is 35.0 Å². The lowest BCUT2D eigenvalue weighted by Gasteiger charge is -2.33. The van der Waals surface area contributed by atoms with E-state index in [1.165, 1.54) is 11.3 Å². The van der Waals surface area contributed by atoms with Gasteiger partial charge in [-0.1, -0.05) is 100 Å². The summed E-state index contributed by atoms with van der Waals surface area (Å²) >= 11 is 1.45. The van der Waals surface area contributed by atoms with Gasteiger partial charge < -0.3 is 35.8 Å². The van der Waals surface area contributed by atoms with E-state index in [4.69, 9.17) is 9.47 Å². The Morgan fingerprint density at radius 3 is 1.97 bits per heavy atom. The first-order valence-corrected chi connectivity index (χ1v) is 20.1. The number of alkyl carbamates (subject to hydrolysis) is 1. The van der Waals surface area contributed by atoms with Gasteiger partial charge in [0.1, 0.15) is 30.5 Å². The number of aliphatic hydroxyl groups is 1. The fourth-order valence-corrected chi connectivity index (χ4v) is 7.04. The zero-order valence-electron chi connectivity index (χ0n) is 33.3. The maximum Gasteiger partial charge on any atom is 0.408 e. The zero-order valence-corrected chi connectivity index (χ0v) is 34.1. The summed E-state index contributed by atoms with van der Waals surface area (Å²) < 4.78 is 11.6. The molecule has 1 aromatic heterocycles.